The zero-order valence-electron chi connectivity index (χ0n) is 8.41. The molecule has 17 heavy (non-hydrogen) atoms. The van der Waals surface area contributed by atoms with Crippen LogP contribution in [0.25, 0.3) is 10.4 Å². The molecule has 6 heteroatoms. The van der Waals surface area contributed by atoms with Gasteiger partial charge in [0.05, 0.1) is 5.69 Å². The van der Waals surface area contributed by atoms with Gasteiger partial charge in [-0.05, 0) is 18.2 Å². The molecule has 3 nitrogen and oxygen atoms in total. The first-order valence-corrected chi connectivity index (χ1v) is 5.38. The summed E-state index contributed by atoms with van der Waals surface area (Å²) in [5.74, 6) is -2.60. The Hall–Kier alpha value is -1.95. The van der Waals surface area contributed by atoms with Crippen molar-refractivity contribution < 1.29 is 18.7 Å². The van der Waals surface area contributed by atoms with Gasteiger partial charge in [0, 0.05) is 16.5 Å². The molecule has 0 aliphatic heterocycles. The number of carboxylic acid groups (broad SMARTS) is 1. The molecule has 1 aromatic carbocycles. The highest BCUT2D eigenvalue weighted by molar-refractivity contribution is 7.17. The minimum atomic E-state index is -1.17. The first-order chi connectivity index (χ1) is 7.99. The number of carbonyl (C=O) groups is 1. The molecule has 2 rings (SSSR count). The van der Waals surface area contributed by atoms with E-state index in [2.05, 4.69) is 0 Å². The van der Waals surface area contributed by atoms with Gasteiger partial charge in [-0.3, -0.25) is 0 Å². The van der Waals surface area contributed by atoms with Gasteiger partial charge in [0.25, 0.3) is 0 Å². The molecule has 0 saturated carbocycles. The van der Waals surface area contributed by atoms with E-state index in [0.29, 0.717) is 4.88 Å². The van der Waals surface area contributed by atoms with Crippen LogP contribution < -0.4 is 5.73 Å². The van der Waals surface area contributed by atoms with Crippen molar-refractivity contribution in [3.63, 3.8) is 0 Å². The number of nitrogens with two attached hydrogens (primary N) is 1. The van der Waals surface area contributed by atoms with E-state index in [0.717, 1.165) is 23.5 Å². The second-order valence-corrected chi connectivity index (χ2v) is 4.38. The maximum absolute atomic E-state index is 13.5. The number of rotatable bonds is 2. The lowest BCUT2D eigenvalue weighted by molar-refractivity contribution is 0.0703. The molecule has 0 amide bonds. The highest BCUT2D eigenvalue weighted by Crippen LogP contribution is 2.34. The van der Waals surface area contributed by atoms with Gasteiger partial charge in [-0.2, -0.15) is 0 Å². The Bertz CT molecular complexity index is 595. The Kier molecular flexibility index (Phi) is 2.81. The van der Waals surface area contributed by atoms with Crippen molar-refractivity contribution in [1.29, 1.82) is 0 Å². The average Bonchev–Trinajstić information content (AvgIpc) is 2.60. The molecule has 88 valence electrons. The van der Waals surface area contributed by atoms with Gasteiger partial charge in [-0.25, -0.2) is 13.6 Å². The lowest BCUT2D eigenvalue weighted by atomic mass is 10.1. The third kappa shape index (κ3) is 2.12. The first kappa shape index (κ1) is 11.5. The number of nitrogen functional groups attached to an aromatic ring is 1. The van der Waals surface area contributed by atoms with Crippen molar-refractivity contribution >= 4 is 23.0 Å². The van der Waals surface area contributed by atoms with E-state index < -0.39 is 17.6 Å². The molecule has 1 heterocycles. The molecule has 0 saturated heterocycles. The summed E-state index contributed by atoms with van der Waals surface area (Å²) in [5, 5.41) is 8.82. The quantitative estimate of drug-likeness (QED) is 0.867. The van der Waals surface area contributed by atoms with Crippen LogP contribution in [-0.2, 0) is 0 Å². The largest absolute Gasteiger partial charge is 0.477 e. The van der Waals surface area contributed by atoms with Crippen molar-refractivity contribution in [3.05, 3.63) is 40.8 Å². The SMILES string of the molecule is Nc1cc(-c2ccc(F)cc2F)sc1C(=O)O. The average molecular weight is 255 g/mol. The zero-order chi connectivity index (χ0) is 12.6. The number of benzene rings is 1. The van der Waals surface area contributed by atoms with Crippen LogP contribution in [0.4, 0.5) is 14.5 Å². The van der Waals surface area contributed by atoms with Crippen LogP contribution in [0.5, 0.6) is 0 Å². The van der Waals surface area contributed by atoms with Crippen LogP contribution in [0, 0.1) is 11.6 Å². The molecule has 0 atom stereocenters. The van der Waals surface area contributed by atoms with E-state index in [-0.39, 0.29) is 16.1 Å². The summed E-state index contributed by atoms with van der Waals surface area (Å²) in [6.45, 7) is 0. The monoisotopic (exact) mass is 255 g/mol. The molecule has 2 aromatic rings. The van der Waals surface area contributed by atoms with Crippen LogP contribution in [0.2, 0.25) is 0 Å². The molecular formula is C11H7F2NO2S. The van der Waals surface area contributed by atoms with Crippen molar-refractivity contribution in [1.82, 2.24) is 0 Å². The number of anilines is 1. The third-order valence-electron chi connectivity index (χ3n) is 2.15. The topological polar surface area (TPSA) is 63.3 Å². The fourth-order valence-electron chi connectivity index (χ4n) is 1.39. The molecule has 1 aromatic heterocycles. The second kappa shape index (κ2) is 4.14. The van der Waals surface area contributed by atoms with Crippen molar-refractivity contribution in [3.8, 4) is 10.4 Å². The molecule has 0 aliphatic rings. The smallest absolute Gasteiger partial charge is 0.348 e. The maximum atomic E-state index is 13.5. The summed E-state index contributed by atoms with van der Waals surface area (Å²) in [7, 11) is 0. The first-order valence-electron chi connectivity index (χ1n) is 4.57. The van der Waals surface area contributed by atoms with Crippen molar-refractivity contribution in [2.75, 3.05) is 5.73 Å². The summed E-state index contributed by atoms with van der Waals surface area (Å²) in [6.07, 6.45) is 0. The molecule has 0 radical (unpaired) electrons. The van der Waals surface area contributed by atoms with Crippen LogP contribution in [0.15, 0.2) is 24.3 Å². The summed E-state index contributed by atoms with van der Waals surface area (Å²) in [4.78, 5) is 11.1. The van der Waals surface area contributed by atoms with E-state index in [1.165, 1.54) is 12.1 Å². The molecule has 0 spiro atoms. The standard InChI is InChI=1S/C11H7F2NO2S/c12-5-1-2-6(7(13)3-5)9-4-8(14)10(17-9)11(15)16/h1-4H,14H2,(H,15,16). The van der Waals surface area contributed by atoms with Gasteiger partial charge in [0.1, 0.15) is 16.5 Å². The van der Waals surface area contributed by atoms with Gasteiger partial charge in [0.15, 0.2) is 0 Å². The van der Waals surface area contributed by atoms with Gasteiger partial charge >= 0.3 is 5.97 Å². The van der Waals surface area contributed by atoms with Gasteiger partial charge in [-0.15, -0.1) is 11.3 Å². The zero-order valence-corrected chi connectivity index (χ0v) is 9.22. The second-order valence-electron chi connectivity index (χ2n) is 3.32. The Morgan fingerprint density at radius 3 is 2.53 bits per heavy atom. The maximum Gasteiger partial charge on any atom is 0.348 e. The van der Waals surface area contributed by atoms with Gasteiger partial charge in [-0.1, -0.05) is 0 Å². The van der Waals surface area contributed by atoms with Crippen LogP contribution >= 0.6 is 11.3 Å². The van der Waals surface area contributed by atoms with Crippen LogP contribution in [0.1, 0.15) is 9.67 Å². The fraction of sp³-hybridized carbons (Fsp3) is 0. The Balaban J connectivity index is 2.53. The lowest BCUT2D eigenvalue weighted by Crippen LogP contribution is -1.96. The highest BCUT2D eigenvalue weighted by Gasteiger charge is 2.16. The number of carboxylic acids is 1. The highest BCUT2D eigenvalue weighted by atomic mass is 32.1. The predicted octanol–water partition coefficient (Wildman–Crippen LogP) is 2.97. The van der Waals surface area contributed by atoms with E-state index in [1.54, 1.807) is 0 Å². The molecule has 0 bridgehead atoms. The molecule has 0 aliphatic carbocycles. The molecule has 3 N–H and O–H groups in total. The fourth-order valence-corrected chi connectivity index (χ4v) is 2.34. The summed E-state index contributed by atoms with van der Waals surface area (Å²) >= 11 is 0.854. The van der Waals surface area contributed by atoms with Gasteiger partial charge < -0.3 is 10.8 Å². The van der Waals surface area contributed by atoms with E-state index in [1.807, 2.05) is 0 Å². The molecule has 0 unspecified atom stereocenters. The summed E-state index contributed by atoms with van der Waals surface area (Å²) in [6, 6.07) is 4.46. The van der Waals surface area contributed by atoms with Gasteiger partial charge in [0.2, 0.25) is 0 Å². The minimum absolute atomic E-state index is 0.0521. The number of hydrogen-bond acceptors (Lipinski definition) is 3. The summed E-state index contributed by atoms with van der Waals surface area (Å²) in [5.41, 5.74) is 5.70. The van der Waals surface area contributed by atoms with Crippen LogP contribution in [0.3, 0.4) is 0 Å². The van der Waals surface area contributed by atoms with Crippen molar-refractivity contribution in [2.45, 2.75) is 0 Å². The van der Waals surface area contributed by atoms with Crippen LogP contribution in [-0.4, -0.2) is 11.1 Å². The Labute approximate surface area is 99.1 Å². The third-order valence-corrected chi connectivity index (χ3v) is 3.32. The molecule has 0 fully saturated rings. The Morgan fingerprint density at radius 2 is 2.00 bits per heavy atom. The Morgan fingerprint density at radius 1 is 1.29 bits per heavy atom. The number of halogens is 2. The number of hydrogen-bond donors (Lipinski definition) is 2. The van der Waals surface area contributed by atoms with Crippen molar-refractivity contribution in [2.24, 2.45) is 0 Å². The number of aromatic carboxylic acids is 1. The predicted molar refractivity (Wildman–Crippen MR) is 61.0 cm³/mol. The lowest BCUT2D eigenvalue weighted by Gasteiger charge is -1.99. The number of thiophene rings is 1. The molecular weight excluding hydrogens is 248 g/mol. The summed E-state index contributed by atoms with van der Waals surface area (Å²) < 4.78 is 26.2. The minimum Gasteiger partial charge on any atom is -0.477 e. The van der Waals surface area contributed by atoms with E-state index >= 15 is 0 Å². The van der Waals surface area contributed by atoms with E-state index in [4.69, 9.17) is 10.8 Å². The normalized spacial score (nSPS) is 10.5. The van der Waals surface area contributed by atoms with E-state index in [9.17, 15) is 13.6 Å².